The zero-order valence-corrected chi connectivity index (χ0v) is 16.3. The van der Waals surface area contributed by atoms with E-state index in [1.807, 2.05) is 25.1 Å². The molecule has 1 aromatic heterocycles. The minimum atomic E-state index is -2.64. The van der Waals surface area contributed by atoms with Crippen LogP contribution in [0.15, 0.2) is 41.7 Å². The molecule has 2 rings (SSSR count). The third-order valence-corrected chi connectivity index (χ3v) is 3.97. The summed E-state index contributed by atoms with van der Waals surface area (Å²) in [6.07, 6.45) is 3.25. The van der Waals surface area contributed by atoms with Crippen molar-refractivity contribution in [3.8, 4) is 0 Å². The van der Waals surface area contributed by atoms with Crippen molar-refractivity contribution >= 4 is 11.9 Å². The largest absolute Gasteiger partial charge is 0.357 e. The molecule has 0 bridgehead atoms. The van der Waals surface area contributed by atoms with E-state index < -0.39 is 6.55 Å². The van der Waals surface area contributed by atoms with Crippen molar-refractivity contribution in [3.63, 3.8) is 0 Å². The van der Waals surface area contributed by atoms with Gasteiger partial charge in [0.2, 0.25) is 0 Å². The molecule has 0 aliphatic rings. The lowest BCUT2D eigenvalue weighted by molar-refractivity contribution is 0.0670. The third-order valence-electron chi connectivity index (χ3n) is 3.97. The maximum Gasteiger partial charge on any atom is 0.319 e. The minimum Gasteiger partial charge on any atom is -0.357 e. The number of rotatable bonds is 8. The molecule has 0 saturated heterocycles. The fourth-order valence-corrected chi connectivity index (χ4v) is 2.58. The molecule has 2 N–H and O–H groups in total. The molecule has 7 nitrogen and oxygen atoms in total. The van der Waals surface area contributed by atoms with Crippen LogP contribution in [0, 0.1) is 0 Å². The van der Waals surface area contributed by atoms with E-state index in [1.165, 1.54) is 17.3 Å². The van der Waals surface area contributed by atoms with Crippen molar-refractivity contribution in [1.29, 1.82) is 0 Å². The van der Waals surface area contributed by atoms with E-state index in [2.05, 4.69) is 20.6 Å². The van der Waals surface area contributed by atoms with Gasteiger partial charge in [-0.25, -0.2) is 9.98 Å². The number of guanidine groups is 1. The number of amides is 1. The van der Waals surface area contributed by atoms with Gasteiger partial charge >= 0.3 is 6.55 Å². The zero-order valence-electron chi connectivity index (χ0n) is 16.3. The molecule has 0 aliphatic heterocycles. The average molecular weight is 392 g/mol. The number of benzene rings is 1. The molecule has 152 valence electrons. The molecular weight excluding hydrogens is 366 g/mol. The van der Waals surface area contributed by atoms with Crippen LogP contribution in [-0.2, 0) is 13.0 Å². The molecule has 1 aromatic carbocycles. The molecule has 1 amide bonds. The van der Waals surface area contributed by atoms with Gasteiger partial charge in [-0.15, -0.1) is 0 Å². The predicted molar refractivity (Wildman–Crippen MR) is 104 cm³/mol. The van der Waals surface area contributed by atoms with Crippen LogP contribution in [0.25, 0.3) is 0 Å². The highest BCUT2D eigenvalue weighted by molar-refractivity contribution is 5.94. The van der Waals surface area contributed by atoms with Gasteiger partial charge in [-0.05, 0) is 31.0 Å². The second-order valence-electron chi connectivity index (χ2n) is 6.30. The lowest BCUT2D eigenvalue weighted by Gasteiger charge is -2.13. The number of alkyl halides is 2. The summed E-state index contributed by atoms with van der Waals surface area (Å²) in [6.45, 7) is 0.546. The van der Waals surface area contributed by atoms with Crippen molar-refractivity contribution < 1.29 is 13.6 Å². The molecule has 0 aliphatic carbocycles. The summed E-state index contributed by atoms with van der Waals surface area (Å²) in [5, 5.41) is 6.25. The van der Waals surface area contributed by atoms with Gasteiger partial charge in [0.05, 0.1) is 0 Å². The summed E-state index contributed by atoms with van der Waals surface area (Å²) in [5.74, 6) is 0.674. The van der Waals surface area contributed by atoms with Crippen LogP contribution in [0.4, 0.5) is 8.78 Å². The lowest BCUT2D eigenvalue weighted by atomic mass is 10.1. The van der Waals surface area contributed by atoms with E-state index in [-0.39, 0.29) is 18.3 Å². The molecular formula is C19H26F2N6O. The van der Waals surface area contributed by atoms with E-state index in [1.54, 1.807) is 20.2 Å². The first-order valence-electron chi connectivity index (χ1n) is 9.05. The van der Waals surface area contributed by atoms with Gasteiger partial charge in [0, 0.05) is 45.1 Å². The standard InChI is InChI=1S/C19H26F2N6O/c1-4-22-19(25-13-16-23-10-11-27(16)18(20)21)24-9-8-14-6-5-7-15(12-14)17(28)26(2)3/h5-7,10-12,18H,4,8-9,13H2,1-3H3,(H2,22,24,25). The number of aliphatic imine (C=N–C) groups is 1. The second-order valence-corrected chi connectivity index (χ2v) is 6.30. The number of aromatic nitrogens is 2. The third kappa shape index (κ3) is 6.04. The highest BCUT2D eigenvalue weighted by atomic mass is 19.3. The maximum absolute atomic E-state index is 12.9. The van der Waals surface area contributed by atoms with Crippen LogP contribution in [0.5, 0.6) is 0 Å². The summed E-state index contributed by atoms with van der Waals surface area (Å²) in [5.41, 5.74) is 1.66. The van der Waals surface area contributed by atoms with Crippen LogP contribution in [-0.4, -0.2) is 53.5 Å². The number of imidazole rings is 1. The Morgan fingerprint density at radius 3 is 2.79 bits per heavy atom. The number of hydrogen-bond acceptors (Lipinski definition) is 3. The van der Waals surface area contributed by atoms with Gasteiger partial charge in [0.1, 0.15) is 12.4 Å². The predicted octanol–water partition coefficient (Wildman–Crippen LogP) is 2.28. The summed E-state index contributed by atoms with van der Waals surface area (Å²) in [4.78, 5) is 21.8. The molecule has 28 heavy (non-hydrogen) atoms. The number of halogens is 2. The van der Waals surface area contributed by atoms with Crippen molar-refractivity contribution in [2.24, 2.45) is 4.99 Å². The first-order chi connectivity index (χ1) is 13.4. The van der Waals surface area contributed by atoms with E-state index in [0.29, 0.717) is 31.0 Å². The number of nitrogens with one attached hydrogen (secondary N) is 2. The molecule has 9 heteroatoms. The Kier molecular flexibility index (Phi) is 7.91. The van der Waals surface area contributed by atoms with Crippen LogP contribution in [0.1, 0.15) is 35.2 Å². The zero-order chi connectivity index (χ0) is 20.5. The van der Waals surface area contributed by atoms with Gasteiger partial charge in [0.25, 0.3) is 5.91 Å². The summed E-state index contributed by atoms with van der Waals surface area (Å²) >= 11 is 0. The molecule has 2 aromatic rings. The lowest BCUT2D eigenvalue weighted by Crippen LogP contribution is -2.38. The average Bonchev–Trinajstić information content (AvgIpc) is 3.14. The van der Waals surface area contributed by atoms with Gasteiger partial charge < -0.3 is 15.5 Å². The van der Waals surface area contributed by atoms with E-state index in [9.17, 15) is 13.6 Å². The Balaban J connectivity index is 1.95. The number of carbonyl (C=O) groups is 1. The van der Waals surface area contributed by atoms with Crippen molar-refractivity contribution in [2.75, 3.05) is 27.2 Å². The van der Waals surface area contributed by atoms with Crippen molar-refractivity contribution in [1.82, 2.24) is 25.1 Å². The second kappa shape index (κ2) is 10.4. The molecule has 0 fully saturated rings. The molecule has 0 atom stereocenters. The van der Waals surface area contributed by atoms with Crippen molar-refractivity contribution in [2.45, 2.75) is 26.4 Å². The summed E-state index contributed by atoms with van der Waals surface area (Å²) in [7, 11) is 3.43. The van der Waals surface area contributed by atoms with Gasteiger partial charge in [-0.2, -0.15) is 8.78 Å². The summed E-state index contributed by atoms with van der Waals surface area (Å²) < 4.78 is 26.6. The highest BCUT2D eigenvalue weighted by Crippen LogP contribution is 2.12. The van der Waals surface area contributed by atoms with Crippen molar-refractivity contribution in [3.05, 3.63) is 53.6 Å². The SMILES string of the molecule is CCNC(=NCc1nccn1C(F)F)NCCc1cccc(C(=O)N(C)C)c1. The van der Waals surface area contributed by atoms with Crippen LogP contribution < -0.4 is 10.6 Å². The Morgan fingerprint density at radius 1 is 1.32 bits per heavy atom. The number of carbonyl (C=O) groups excluding carboxylic acids is 1. The Hall–Kier alpha value is -2.97. The summed E-state index contributed by atoms with van der Waals surface area (Å²) in [6, 6.07) is 7.47. The fraction of sp³-hybridized carbons (Fsp3) is 0.421. The number of nitrogens with zero attached hydrogens (tertiary/aromatic N) is 4. The molecule has 0 unspecified atom stereocenters. The molecule has 0 spiro atoms. The van der Waals surface area contributed by atoms with Crippen LogP contribution >= 0.6 is 0 Å². The van der Waals surface area contributed by atoms with Gasteiger partial charge in [0.15, 0.2) is 5.96 Å². The minimum absolute atomic E-state index is 0.0412. The Labute approximate surface area is 163 Å². The first-order valence-corrected chi connectivity index (χ1v) is 9.05. The quantitative estimate of drug-likeness (QED) is 0.534. The number of hydrogen-bond donors (Lipinski definition) is 2. The smallest absolute Gasteiger partial charge is 0.319 e. The van der Waals surface area contributed by atoms with Crippen LogP contribution in [0.2, 0.25) is 0 Å². The van der Waals surface area contributed by atoms with Crippen LogP contribution in [0.3, 0.4) is 0 Å². The molecule has 0 saturated carbocycles. The fourth-order valence-electron chi connectivity index (χ4n) is 2.58. The molecule has 1 heterocycles. The normalized spacial score (nSPS) is 11.6. The van der Waals surface area contributed by atoms with Gasteiger partial charge in [-0.3, -0.25) is 9.36 Å². The van der Waals surface area contributed by atoms with E-state index in [0.717, 1.165) is 10.1 Å². The first kappa shape index (κ1) is 21.3. The van der Waals surface area contributed by atoms with Gasteiger partial charge in [-0.1, -0.05) is 12.1 Å². The monoisotopic (exact) mass is 392 g/mol. The van der Waals surface area contributed by atoms with E-state index in [4.69, 9.17) is 0 Å². The topological polar surface area (TPSA) is 74.5 Å². The van der Waals surface area contributed by atoms with E-state index >= 15 is 0 Å². The molecule has 0 radical (unpaired) electrons. The Bertz CT molecular complexity index is 803. The Morgan fingerprint density at radius 2 is 2.11 bits per heavy atom. The maximum atomic E-state index is 12.9. The highest BCUT2D eigenvalue weighted by Gasteiger charge is 2.11.